The lowest BCUT2D eigenvalue weighted by Crippen LogP contribution is -2.44. The first-order chi connectivity index (χ1) is 15.1. The lowest BCUT2D eigenvalue weighted by molar-refractivity contribution is -0.132. The van der Waals surface area contributed by atoms with E-state index in [1.54, 1.807) is 12.1 Å². The minimum Gasteiger partial charge on any atom is -0.368 e. The molecule has 4 rings (SSSR count). The maximum Gasteiger partial charge on any atom is 0.256 e. The molecule has 1 saturated heterocycles. The van der Waals surface area contributed by atoms with Crippen LogP contribution in [-0.4, -0.2) is 43.5 Å². The highest BCUT2D eigenvalue weighted by molar-refractivity contribution is 5.97. The summed E-state index contributed by atoms with van der Waals surface area (Å²) in [6, 6.07) is 10.2. The number of anilines is 2. The van der Waals surface area contributed by atoms with Crippen LogP contribution in [0.1, 0.15) is 51.3 Å². The maximum atomic E-state index is 13.0. The Morgan fingerprint density at radius 3 is 2.90 bits per heavy atom. The summed E-state index contributed by atoms with van der Waals surface area (Å²) in [5.74, 6) is -0.0726. The number of hydrogen-bond donors (Lipinski definition) is 1. The summed E-state index contributed by atoms with van der Waals surface area (Å²) in [5.41, 5.74) is 3.67. The van der Waals surface area contributed by atoms with Gasteiger partial charge < -0.3 is 19.7 Å². The van der Waals surface area contributed by atoms with Crippen LogP contribution in [0.15, 0.2) is 36.4 Å². The van der Waals surface area contributed by atoms with Gasteiger partial charge in [-0.15, -0.1) is 0 Å². The molecule has 0 spiro atoms. The fraction of sp³-hybridized carbons (Fsp3) is 0.500. The summed E-state index contributed by atoms with van der Waals surface area (Å²) in [5, 5.41) is 3.11. The minimum absolute atomic E-state index is 0. The minimum atomic E-state index is -0.319. The normalized spacial score (nSPS) is 19.5. The van der Waals surface area contributed by atoms with Crippen molar-refractivity contribution in [2.24, 2.45) is 0 Å². The molecule has 0 radical (unpaired) electrons. The molecule has 168 valence electrons. The third-order valence-electron chi connectivity index (χ3n) is 5.87. The van der Waals surface area contributed by atoms with Crippen LogP contribution in [0.25, 0.3) is 0 Å². The first-order valence-corrected chi connectivity index (χ1v) is 11.1. The molecule has 6 nitrogen and oxygen atoms in total. The number of ether oxygens (including phenoxy) is 2. The topological polar surface area (TPSA) is 63.7 Å². The van der Waals surface area contributed by atoms with Gasteiger partial charge in [0, 0.05) is 31.9 Å². The van der Waals surface area contributed by atoms with Crippen molar-refractivity contribution in [1.82, 2.24) is 4.98 Å². The van der Waals surface area contributed by atoms with Crippen LogP contribution in [0.3, 0.4) is 0 Å². The summed E-state index contributed by atoms with van der Waals surface area (Å²) in [4.78, 5) is 19.7. The van der Waals surface area contributed by atoms with Gasteiger partial charge in [0.2, 0.25) is 0 Å². The Balaban J connectivity index is 0.00000289. The zero-order valence-electron chi connectivity index (χ0n) is 18.0. The van der Waals surface area contributed by atoms with Crippen molar-refractivity contribution in [3.63, 3.8) is 0 Å². The zero-order valence-corrected chi connectivity index (χ0v) is 18.0. The standard InChI is InChI=1S/C24H30FN3O3.H2/c1-17(15-30-16-26-19-9-7-18(25)8-10-19)20-11-12-22-21(27-20)5-4-13-28(22)24(29)23-6-2-3-14-31-23;/h7-12,17,23,26H,2-6,13-16H2,1H3;1H. The Morgan fingerprint density at radius 2 is 2.13 bits per heavy atom. The van der Waals surface area contributed by atoms with Crippen molar-refractivity contribution in [3.8, 4) is 0 Å². The van der Waals surface area contributed by atoms with Crippen molar-refractivity contribution in [3.05, 3.63) is 53.6 Å². The summed E-state index contributed by atoms with van der Waals surface area (Å²) in [7, 11) is 0. The van der Waals surface area contributed by atoms with Crippen LogP contribution in [0.2, 0.25) is 0 Å². The number of fused-ring (bicyclic) bond motifs is 1. The third-order valence-corrected chi connectivity index (χ3v) is 5.87. The summed E-state index contributed by atoms with van der Waals surface area (Å²) in [6.45, 7) is 4.32. The van der Waals surface area contributed by atoms with E-state index in [1.807, 2.05) is 17.0 Å². The van der Waals surface area contributed by atoms with Crippen LogP contribution in [-0.2, 0) is 20.7 Å². The van der Waals surface area contributed by atoms with Crippen molar-refractivity contribution >= 4 is 17.3 Å². The molecule has 1 amide bonds. The van der Waals surface area contributed by atoms with E-state index in [0.717, 1.165) is 61.4 Å². The number of rotatable bonds is 7. The number of amides is 1. The maximum absolute atomic E-state index is 13.0. The van der Waals surface area contributed by atoms with Crippen molar-refractivity contribution < 1.29 is 20.1 Å². The number of carbonyl (C=O) groups is 1. The monoisotopic (exact) mass is 429 g/mol. The van der Waals surface area contributed by atoms with E-state index < -0.39 is 0 Å². The van der Waals surface area contributed by atoms with E-state index in [-0.39, 0.29) is 25.2 Å². The molecule has 2 unspecified atom stereocenters. The molecule has 1 fully saturated rings. The summed E-state index contributed by atoms with van der Waals surface area (Å²) >= 11 is 0. The van der Waals surface area contributed by atoms with Crippen LogP contribution < -0.4 is 10.2 Å². The molecule has 2 aromatic rings. The molecule has 7 heteroatoms. The first kappa shape index (κ1) is 21.7. The van der Waals surface area contributed by atoms with Gasteiger partial charge in [0.05, 0.1) is 18.0 Å². The quantitative estimate of drug-likeness (QED) is 0.518. The fourth-order valence-electron chi connectivity index (χ4n) is 4.10. The molecule has 1 aromatic carbocycles. The number of aryl methyl sites for hydroxylation is 1. The second-order valence-electron chi connectivity index (χ2n) is 8.25. The number of carbonyl (C=O) groups excluding carboxylic acids is 1. The predicted octanol–water partition coefficient (Wildman–Crippen LogP) is 4.50. The van der Waals surface area contributed by atoms with Gasteiger partial charge in [0.25, 0.3) is 5.91 Å². The van der Waals surface area contributed by atoms with Gasteiger partial charge in [-0.2, -0.15) is 0 Å². The van der Waals surface area contributed by atoms with Crippen LogP contribution >= 0.6 is 0 Å². The van der Waals surface area contributed by atoms with Crippen LogP contribution in [0.4, 0.5) is 15.8 Å². The van der Waals surface area contributed by atoms with E-state index >= 15 is 0 Å². The molecular formula is C24H32FN3O3. The van der Waals surface area contributed by atoms with Gasteiger partial charge in [0.1, 0.15) is 18.7 Å². The smallest absolute Gasteiger partial charge is 0.256 e. The van der Waals surface area contributed by atoms with Crippen molar-refractivity contribution in [2.45, 2.75) is 51.0 Å². The van der Waals surface area contributed by atoms with Crippen molar-refractivity contribution in [1.29, 1.82) is 0 Å². The molecule has 31 heavy (non-hydrogen) atoms. The van der Waals surface area contributed by atoms with Crippen LogP contribution in [0.5, 0.6) is 0 Å². The number of hydrogen-bond acceptors (Lipinski definition) is 5. The molecule has 1 aromatic heterocycles. The van der Waals surface area contributed by atoms with Gasteiger partial charge in [-0.1, -0.05) is 6.92 Å². The SMILES string of the molecule is CC(COCNc1ccc(F)cc1)c1ccc2c(n1)CCCN2C(=O)C1CCCCO1.[HH]. The molecule has 0 aliphatic carbocycles. The fourth-order valence-corrected chi connectivity index (χ4v) is 4.10. The van der Waals surface area contributed by atoms with Gasteiger partial charge in [-0.3, -0.25) is 9.78 Å². The largest absolute Gasteiger partial charge is 0.368 e. The predicted molar refractivity (Wildman–Crippen MR) is 120 cm³/mol. The number of aromatic nitrogens is 1. The van der Waals surface area contributed by atoms with Crippen molar-refractivity contribution in [2.75, 3.05) is 36.7 Å². The van der Waals surface area contributed by atoms with Gasteiger partial charge >= 0.3 is 0 Å². The van der Waals surface area contributed by atoms with Gasteiger partial charge in [0.15, 0.2) is 0 Å². The van der Waals surface area contributed by atoms with Gasteiger partial charge in [-0.25, -0.2) is 4.39 Å². The highest BCUT2D eigenvalue weighted by atomic mass is 19.1. The number of pyridine rings is 1. The van der Waals surface area contributed by atoms with E-state index in [0.29, 0.717) is 19.9 Å². The van der Waals surface area contributed by atoms with E-state index in [9.17, 15) is 9.18 Å². The highest BCUT2D eigenvalue weighted by Gasteiger charge is 2.31. The molecule has 2 aliphatic rings. The molecule has 2 aliphatic heterocycles. The summed E-state index contributed by atoms with van der Waals surface area (Å²) < 4.78 is 24.4. The molecule has 2 atom stereocenters. The zero-order chi connectivity index (χ0) is 21.6. The molecular weight excluding hydrogens is 397 g/mol. The van der Waals surface area contributed by atoms with E-state index in [4.69, 9.17) is 14.5 Å². The Kier molecular flexibility index (Phi) is 7.14. The number of nitrogens with zero attached hydrogens (tertiary/aromatic N) is 2. The number of benzene rings is 1. The number of halogens is 1. The Bertz CT molecular complexity index is 891. The second kappa shape index (κ2) is 10.2. The molecule has 3 heterocycles. The molecule has 0 bridgehead atoms. The average molecular weight is 430 g/mol. The molecule has 1 N–H and O–H groups in total. The molecule has 0 saturated carbocycles. The summed E-state index contributed by atoms with van der Waals surface area (Å²) in [6.07, 6.45) is 4.34. The van der Waals surface area contributed by atoms with E-state index in [2.05, 4.69) is 12.2 Å². The first-order valence-electron chi connectivity index (χ1n) is 11.1. The van der Waals surface area contributed by atoms with E-state index in [1.165, 1.54) is 12.1 Å². The average Bonchev–Trinajstić information content (AvgIpc) is 2.82. The second-order valence-corrected chi connectivity index (χ2v) is 8.25. The van der Waals surface area contributed by atoms with Gasteiger partial charge in [-0.05, 0) is 68.5 Å². The number of nitrogens with one attached hydrogen (secondary N) is 1. The third kappa shape index (κ3) is 5.40. The Labute approximate surface area is 184 Å². The van der Waals surface area contributed by atoms with Crippen LogP contribution in [0, 0.1) is 5.82 Å². The highest BCUT2D eigenvalue weighted by Crippen LogP contribution is 2.29. The lowest BCUT2D eigenvalue weighted by atomic mass is 10.0. The Morgan fingerprint density at radius 1 is 1.29 bits per heavy atom. The Hall–Kier alpha value is -2.51. The lowest BCUT2D eigenvalue weighted by Gasteiger charge is -2.33.